The zero-order valence-electron chi connectivity index (χ0n) is 11.0. The molecule has 1 aliphatic heterocycles. The summed E-state index contributed by atoms with van der Waals surface area (Å²) in [5, 5.41) is 10.5. The van der Waals surface area contributed by atoms with E-state index in [1.54, 1.807) is 0 Å². The highest BCUT2D eigenvalue weighted by atomic mass is 16.5. The summed E-state index contributed by atoms with van der Waals surface area (Å²) in [5.74, 6) is 0. The fourth-order valence-electron chi connectivity index (χ4n) is 3.37. The lowest BCUT2D eigenvalue weighted by Gasteiger charge is -2.40. The van der Waals surface area contributed by atoms with E-state index in [2.05, 4.69) is 30.9 Å². The Kier molecular flexibility index (Phi) is 3.14. The second kappa shape index (κ2) is 4.65. The summed E-state index contributed by atoms with van der Waals surface area (Å²) in [6.07, 6.45) is 1.12. The molecule has 0 spiro atoms. The molecule has 0 bridgehead atoms. The third-order valence-electron chi connectivity index (χ3n) is 4.08. The van der Waals surface area contributed by atoms with Gasteiger partial charge in [-0.2, -0.15) is 0 Å². The topological polar surface area (TPSA) is 32.7 Å². The Morgan fingerprint density at radius 1 is 1.17 bits per heavy atom. The van der Waals surface area contributed by atoms with Crippen LogP contribution in [0.25, 0.3) is 0 Å². The van der Waals surface area contributed by atoms with E-state index in [4.69, 9.17) is 4.74 Å². The van der Waals surface area contributed by atoms with Crippen LogP contribution in [0.2, 0.25) is 0 Å². The van der Waals surface area contributed by atoms with E-state index in [0.29, 0.717) is 0 Å². The van der Waals surface area contributed by atoms with Gasteiger partial charge in [-0.05, 0) is 31.4 Å². The highest BCUT2D eigenvalue weighted by Gasteiger charge is 2.37. The molecule has 3 heteroatoms. The van der Waals surface area contributed by atoms with E-state index in [1.807, 2.05) is 12.1 Å². The highest BCUT2D eigenvalue weighted by molar-refractivity contribution is 5.36. The molecular formula is C15H21NO2. The molecule has 0 radical (unpaired) electrons. The molecule has 1 aliphatic carbocycles. The number of nitrogens with zero attached hydrogens (tertiary/aromatic N) is 1. The van der Waals surface area contributed by atoms with E-state index < -0.39 is 0 Å². The van der Waals surface area contributed by atoms with Crippen LogP contribution in [0.4, 0.5) is 0 Å². The first-order valence-corrected chi connectivity index (χ1v) is 6.80. The lowest BCUT2D eigenvalue weighted by Crippen LogP contribution is -2.51. The lowest BCUT2D eigenvalue weighted by atomic mass is 10.1. The molecular weight excluding hydrogens is 226 g/mol. The Hall–Kier alpha value is -0.900. The average molecular weight is 247 g/mol. The van der Waals surface area contributed by atoms with Gasteiger partial charge in [0.05, 0.1) is 18.3 Å². The first kappa shape index (κ1) is 12.2. The molecule has 18 heavy (non-hydrogen) atoms. The molecule has 98 valence electrons. The van der Waals surface area contributed by atoms with Crippen molar-refractivity contribution in [2.45, 2.75) is 44.6 Å². The Labute approximate surface area is 108 Å². The van der Waals surface area contributed by atoms with Gasteiger partial charge >= 0.3 is 0 Å². The van der Waals surface area contributed by atoms with Gasteiger partial charge < -0.3 is 9.84 Å². The number of rotatable bonds is 1. The van der Waals surface area contributed by atoms with Crippen molar-refractivity contribution in [1.29, 1.82) is 0 Å². The minimum Gasteiger partial charge on any atom is -0.387 e. The largest absolute Gasteiger partial charge is 0.387 e. The molecule has 3 rings (SSSR count). The molecule has 1 fully saturated rings. The van der Waals surface area contributed by atoms with Crippen molar-refractivity contribution in [3.05, 3.63) is 35.4 Å². The molecule has 4 unspecified atom stereocenters. The first-order chi connectivity index (χ1) is 8.65. The number of morpholine rings is 1. The zero-order valence-corrected chi connectivity index (χ0v) is 11.0. The predicted molar refractivity (Wildman–Crippen MR) is 70.5 cm³/mol. The summed E-state index contributed by atoms with van der Waals surface area (Å²) >= 11 is 0. The fraction of sp³-hybridized carbons (Fsp3) is 0.600. The van der Waals surface area contributed by atoms with Gasteiger partial charge in [-0.15, -0.1) is 0 Å². The SMILES string of the molecule is CC1CN(C2Cc3ccccc3C2O)CC(C)O1. The molecule has 3 nitrogen and oxygen atoms in total. The van der Waals surface area contributed by atoms with Crippen molar-refractivity contribution < 1.29 is 9.84 Å². The zero-order chi connectivity index (χ0) is 12.7. The number of hydrogen-bond acceptors (Lipinski definition) is 3. The smallest absolute Gasteiger partial charge is 0.0951 e. The van der Waals surface area contributed by atoms with Gasteiger partial charge in [-0.25, -0.2) is 0 Å². The van der Waals surface area contributed by atoms with Gasteiger partial charge in [-0.3, -0.25) is 4.90 Å². The van der Waals surface area contributed by atoms with Gasteiger partial charge in [0.25, 0.3) is 0 Å². The molecule has 1 heterocycles. The van der Waals surface area contributed by atoms with Gasteiger partial charge in [0.2, 0.25) is 0 Å². The Morgan fingerprint density at radius 3 is 2.50 bits per heavy atom. The maximum absolute atomic E-state index is 10.5. The molecule has 1 aromatic rings. The van der Waals surface area contributed by atoms with Crippen molar-refractivity contribution in [2.24, 2.45) is 0 Å². The van der Waals surface area contributed by atoms with Crippen LogP contribution in [-0.4, -0.2) is 41.3 Å². The van der Waals surface area contributed by atoms with Crippen LogP contribution in [-0.2, 0) is 11.2 Å². The van der Waals surface area contributed by atoms with E-state index >= 15 is 0 Å². The summed E-state index contributed by atoms with van der Waals surface area (Å²) < 4.78 is 5.76. The summed E-state index contributed by atoms with van der Waals surface area (Å²) in [4.78, 5) is 2.39. The Bertz CT molecular complexity index is 424. The molecule has 0 saturated carbocycles. The predicted octanol–water partition coefficient (Wildman–Crippen LogP) is 1.75. The molecule has 1 N–H and O–H groups in total. The monoisotopic (exact) mass is 247 g/mol. The van der Waals surface area contributed by atoms with Crippen molar-refractivity contribution >= 4 is 0 Å². The van der Waals surface area contributed by atoms with Crippen LogP contribution in [0.5, 0.6) is 0 Å². The molecule has 1 aromatic carbocycles. The number of benzene rings is 1. The number of hydrogen-bond donors (Lipinski definition) is 1. The molecule has 2 aliphatic rings. The van der Waals surface area contributed by atoms with Gasteiger partial charge in [0.1, 0.15) is 0 Å². The summed E-state index contributed by atoms with van der Waals surface area (Å²) in [7, 11) is 0. The fourth-order valence-corrected chi connectivity index (χ4v) is 3.37. The number of aliphatic hydroxyl groups is 1. The van der Waals surface area contributed by atoms with Crippen LogP contribution < -0.4 is 0 Å². The Balaban J connectivity index is 1.79. The van der Waals surface area contributed by atoms with Gasteiger partial charge in [0.15, 0.2) is 0 Å². The first-order valence-electron chi connectivity index (χ1n) is 6.80. The van der Waals surface area contributed by atoms with E-state index in [0.717, 1.165) is 25.1 Å². The van der Waals surface area contributed by atoms with Crippen LogP contribution in [0.1, 0.15) is 31.1 Å². The summed E-state index contributed by atoms with van der Waals surface area (Å²) in [6, 6.07) is 8.46. The van der Waals surface area contributed by atoms with E-state index in [-0.39, 0.29) is 24.4 Å². The molecule has 0 aromatic heterocycles. The van der Waals surface area contributed by atoms with Crippen molar-refractivity contribution in [1.82, 2.24) is 4.90 Å². The van der Waals surface area contributed by atoms with Crippen LogP contribution >= 0.6 is 0 Å². The Morgan fingerprint density at radius 2 is 1.83 bits per heavy atom. The minimum absolute atomic E-state index is 0.219. The van der Waals surface area contributed by atoms with E-state index in [1.165, 1.54) is 5.56 Å². The maximum atomic E-state index is 10.5. The van der Waals surface area contributed by atoms with Crippen LogP contribution in [0, 0.1) is 0 Å². The van der Waals surface area contributed by atoms with Crippen molar-refractivity contribution in [2.75, 3.05) is 13.1 Å². The second-order valence-corrected chi connectivity index (χ2v) is 5.63. The normalized spacial score (nSPS) is 36.6. The molecule has 1 saturated heterocycles. The van der Waals surface area contributed by atoms with Crippen molar-refractivity contribution in [3.8, 4) is 0 Å². The van der Waals surface area contributed by atoms with E-state index in [9.17, 15) is 5.11 Å². The standard InChI is InChI=1S/C15H21NO2/c1-10-8-16(9-11(2)18-10)14-7-12-5-3-4-6-13(12)15(14)17/h3-6,10-11,14-15,17H,7-9H2,1-2H3. The molecule has 0 amide bonds. The summed E-state index contributed by atoms with van der Waals surface area (Å²) in [5.41, 5.74) is 2.40. The lowest BCUT2D eigenvalue weighted by molar-refractivity contribution is -0.0934. The quantitative estimate of drug-likeness (QED) is 0.820. The van der Waals surface area contributed by atoms with Gasteiger partial charge in [0, 0.05) is 19.1 Å². The van der Waals surface area contributed by atoms with Crippen molar-refractivity contribution in [3.63, 3.8) is 0 Å². The average Bonchev–Trinajstić information content (AvgIpc) is 2.66. The van der Waals surface area contributed by atoms with Crippen LogP contribution in [0.15, 0.2) is 24.3 Å². The summed E-state index contributed by atoms with van der Waals surface area (Å²) in [6.45, 7) is 6.05. The van der Waals surface area contributed by atoms with Gasteiger partial charge in [-0.1, -0.05) is 24.3 Å². The minimum atomic E-state index is -0.348. The number of fused-ring (bicyclic) bond motifs is 1. The molecule has 4 atom stereocenters. The second-order valence-electron chi connectivity index (χ2n) is 5.63. The number of ether oxygens (including phenoxy) is 1. The third-order valence-corrected chi connectivity index (χ3v) is 4.08. The van der Waals surface area contributed by atoms with Crippen LogP contribution in [0.3, 0.4) is 0 Å². The third kappa shape index (κ3) is 2.07. The highest BCUT2D eigenvalue weighted by Crippen LogP contribution is 2.35. The maximum Gasteiger partial charge on any atom is 0.0951 e. The number of aliphatic hydroxyl groups excluding tert-OH is 1.